The van der Waals surface area contributed by atoms with Crippen LogP contribution >= 0.6 is 0 Å². The number of aromatic nitrogens is 2. The molecule has 1 fully saturated rings. The van der Waals surface area contributed by atoms with Gasteiger partial charge in [0.15, 0.2) is 0 Å². The molecule has 1 heterocycles. The van der Waals surface area contributed by atoms with Crippen LogP contribution in [0.1, 0.15) is 31.2 Å². The summed E-state index contributed by atoms with van der Waals surface area (Å²) in [5.41, 5.74) is 0.982. The standard InChI is InChI=1S/C12H17N3O2/c1-9-6-13-12(14-7-9)15(8-11(16)17)10-4-2-3-5-10/h6-7,10H,2-5,8H2,1H3,(H,16,17). The normalized spacial score (nSPS) is 16.1. The molecule has 0 bridgehead atoms. The maximum absolute atomic E-state index is 10.9. The Balaban J connectivity index is 2.19. The Labute approximate surface area is 100 Å². The van der Waals surface area contributed by atoms with Gasteiger partial charge in [0.1, 0.15) is 6.54 Å². The van der Waals surface area contributed by atoms with E-state index in [1.807, 2.05) is 11.8 Å². The molecule has 17 heavy (non-hydrogen) atoms. The molecule has 5 heteroatoms. The number of anilines is 1. The minimum absolute atomic E-state index is 0.0201. The summed E-state index contributed by atoms with van der Waals surface area (Å²) in [6, 6.07) is 0.272. The molecule has 0 amide bonds. The van der Waals surface area contributed by atoms with E-state index in [1.54, 1.807) is 12.4 Å². The molecule has 0 aromatic carbocycles. The number of nitrogens with zero attached hydrogens (tertiary/aromatic N) is 3. The van der Waals surface area contributed by atoms with Gasteiger partial charge in [-0.2, -0.15) is 0 Å². The van der Waals surface area contributed by atoms with Gasteiger partial charge in [-0.25, -0.2) is 9.97 Å². The van der Waals surface area contributed by atoms with Gasteiger partial charge in [0.05, 0.1) is 0 Å². The van der Waals surface area contributed by atoms with Gasteiger partial charge in [0, 0.05) is 18.4 Å². The zero-order valence-electron chi connectivity index (χ0n) is 9.96. The Morgan fingerprint density at radius 1 is 1.41 bits per heavy atom. The van der Waals surface area contributed by atoms with Crippen LogP contribution in [0.2, 0.25) is 0 Å². The lowest BCUT2D eigenvalue weighted by Gasteiger charge is -2.27. The maximum Gasteiger partial charge on any atom is 0.323 e. The molecule has 1 aliphatic carbocycles. The molecule has 92 valence electrons. The molecule has 0 unspecified atom stereocenters. The molecule has 5 nitrogen and oxygen atoms in total. The quantitative estimate of drug-likeness (QED) is 0.859. The van der Waals surface area contributed by atoms with Crippen LogP contribution in [0.15, 0.2) is 12.4 Å². The lowest BCUT2D eigenvalue weighted by atomic mass is 10.2. The molecule has 1 aromatic rings. The zero-order chi connectivity index (χ0) is 12.3. The number of hydrogen-bond acceptors (Lipinski definition) is 4. The molecule has 1 saturated carbocycles. The third-order valence-corrected chi connectivity index (χ3v) is 3.10. The lowest BCUT2D eigenvalue weighted by Crippen LogP contribution is -2.38. The highest BCUT2D eigenvalue weighted by atomic mass is 16.4. The van der Waals surface area contributed by atoms with Crippen molar-refractivity contribution in [1.29, 1.82) is 0 Å². The van der Waals surface area contributed by atoms with Crippen molar-refractivity contribution < 1.29 is 9.90 Å². The predicted octanol–water partition coefficient (Wildman–Crippen LogP) is 1.62. The molecule has 0 atom stereocenters. The number of carboxylic acids is 1. The van der Waals surface area contributed by atoms with Crippen LogP contribution in [-0.4, -0.2) is 33.6 Å². The summed E-state index contributed by atoms with van der Waals surface area (Å²) >= 11 is 0. The fraction of sp³-hybridized carbons (Fsp3) is 0.583. The summed E-state index contributed by atoms with van der Waals surface area (Å²) in [5, 5.41) is 8.96. The van der Waals surface area contributed by atoms with Crippen LogP contribution in [0.3, 0.4) is 0 Å². The molecular formula is C12H17N3O2. The summed E-state index contributed by atoms with van der Waals surface area (Å²) in [6.07, 6.45) is 7.84. The number of carbonyl (C=O) groups is 1. The van der Waals surface area contributed by atoms with E-state index in [0.29, 0.717) is 5.95 Å². The second-order valence-electron chi connectivity index (χ2n) is 4.52. The number of hydrogen-bond donors (Lipinski definition) is 1. The van der Waals surface area contributed by atoms with E-state index in [1.165, 1.54) is 0 Å². The van der Waals surface area contributed by atoms with Crippen molar-refractivity contribution in [2.45, 2.75) is 38.6 Å². The van der Waals surface area contributed by atoms with Crippen LogP contribution in [0.25, 0.3) is 0 Å². The molecule has 0 radical (unpaired) electrons. The first-order valence-corrected chi connectivity index (χ1v) is 5.94. The van der Waals surface area contributed by atoms with Crippen molar-refractivity contribution >= 4 is 11.9 Å². The van der Waals surface area contributed by atoms with Crippen LogP contribution in [-0.2, 0) is 4.79 Å². The van der Waals surface area contributed by atoms with Gasteiger partial charge in [0.25, 0.3) is 0 Å². The Bertz CT molecular complexity index is 385. The van der Waals surface area contributed by atoms with E-state index in [-0.39, 0.29) is 12.6 Å². The van der Waals surface area contributed by atoms with Gasteiger partial charge in [-0.05, 0) is 25.3 Å². The largest absolute Gasteiger partial charge is 0.480 e. The number of aryl methyl sites for hydroxylation is 1. The molecule has 1 aliphatic rings. The van der Waals surface area contributed by atoms with E-state index in [2.05, 4.69) is 9.97 Å². The first-order chi connectivity index (χ1) is 8.16. The molecule has 0 aliphatic heterocycles. The maximum atomic E-state index is 10.9. The van der Waals surface area contributed by atoms with Crippen molar-refractivity contribution in [1.82, 2.24) is 9.97 Å². The second-order valence-corrected chi connectivity index (χ2v) is 4.52. The van der Waals surface area contributed by atoms with Gasteiger partial charge < -0.3 is 10.0 Å². The third kappa shape index (κ3) is 2.93. The highest BCUT2D eigenvalue weighted by molar-refractivity contribution is 5.72. The Morgan fingerprint density at radius 3 is 2.53 bits per heavy atom. The first kappa shape index (κ1) is 11.8. The first-order valence-electron chi connectivity index (χ1n) is 5.94. The van der Waals surface area contributed by atoms with Crippen LogP contribution < -0.4 is 4.90 Å². The molecule has 2 rings (SSSR count). The van der Waals surface area contributed by atoms with E-state index in [9.17, 15) is 4.79 Å². The number of rotatable bonds is 4. The minimum Gasteiger partial charge on any atom is -0.480 e. The van der Waals surface area contributed by atoms with E-state index in [0.717, 1.165) is 31.2 Å². The minimum atomic E-state index is -0.832. The predicted molar refractivity (Wildman–Crippen MR) is 64.0 cm³/mol. The molecule has 1 N–H and O–H groups in total. The van der Waals surface area contributed by atoms with Crippen molar-refractivity contribution in [3.05, 3.63) is 18.0 Å². The topological polar surface area (TPSA) is 66.3 Å². The fourth-order valence-corrected chi connectivity index (χ4v) is 2.26. The molecule has 0 spiro atoms. The number of aliphatic carboxylic acids is 1. The summed E-state index contributed by atoms with van der Waals surface area (Å²) in [6.45, 7) is 1.90. The van der Waals surface area contributed by atoms with Gasteiger partial charge in [-0.15, -0.1) is 0 Å². The van der Waals surface area contributed by atoms with E-state index in [4.69, 9.17) is 5.11 Å². The van der Waals surface area contributed by atoms with E-state index < -0.39 is 5.97 Å². The lowest BCUT2D eigenvalue weighted by molar-refractivity contribution is -0.135. The summed E-state index contributed by atoms with van der Waals surface area (Å²) in [7, 11) is 0. The van der Waals surface area contributed by atoms with Crippen molar-refractivity contribution in [3.8, 4) is 0 Å². The average Bonchev–Trinajstić information content (AvgIpc) is 2.80. The number of carboxylic acid groups (broad SMARTS) is 1. The van der Waals surface area contributed by atoms with Gasteiger partial charge in [0.2, 0.25) is 5.95 Å². The highest BCUT2D eigenvalue weighted by Gasteiger charge is 2.26. The monoisotopic (exact) mass is 235 g/mol. The van der Waals surface area contributed by atoms with Crippen LogP contribution in [0.4, 0.5) is 5.95 Å². The van der Waals surface area contributed by atoms with Crippen LogP contribution in [0, 0.1) is 6.92 Å². The second kappa shape index (κ2) is 5.12. The Kier molecular flexibility index (Phi) is 3.56. The van der Waals surface area contributed by atoms with Crippen LogP contribution in [0.5, 0.6) is 0 Å². The Hall–Kier alpha value is -1.65. The van der Waals surface area contributed by atoms with Crippen molar-refractivity contribution in [2.24, 2.45) is 0 Å². The molecule has 0 saturated heterocycles. The highest BCUT2D eigenvalue weighted by Crippen LogP contribution is 2.25. The van der Waals surface area contributed by atoms with Gasteiger partial charge in [-0.3, -0.25) is 4.79 Å². The summed E-state index contributed by atoms with van der Waals surface area (Å²) in [4.78, 5) is 21.2. The van der Waals surface area contributed by atoms with Crippen molar-refractivity contribution in [3.63, 3.8) is 0 Å². The SMILES string of the molecule is Cc1cnc(N(CC(=O)O)C2CCCC2)nc1. The zero-order valence-corrected chi connectivity index (χ0v) is 9.96. The third-order valence-electron chi connectivity index (χ3n) is 3.10. The van der Waals surface area contributed by atoms with Gasteiger partial charge in [-0.1, -0.05) is 12.8 Å². The fourth-order valence-electron chi connectivity index (χ4n) is 2.26. The smallest absolute Gasteiger partial charge is 0.323 e. The van der Waals surface area contributed by atoms with Crippen molar-refractivity contribution in [2.75, 3.05) is 11.4 Å². The average molecular weight is 235 g/mol. The summed E-state index contributed by atoms with van der Waals surface area (Å²) in [5.74, 6) is -0.300. The van der Waals surface area contributed by atoms with Gasteiger partial charge >= 0.3 is 5.97 Å². The van der Waals surface area contributed by atoms with E-state index >= 15 is 0 Å². The Morgan fingerprint density at radius 2 is 2.00 bits per heavy atom. The molecular weight excluding hydrogens is 218 g/mol. The summed E-state index contributed by atoms with van der Waals surface area (Å²) < 4.78 is 0. The molecule has 1 aromatic heterocycles.